The molecular weight excluding hydrogens is 246 g/mol. The molecule has 0 saturated heterocycles. The Hall–Kier alpha value is -2.37. The number of hydrogen-bond donors (Lipinski definition) is 1. The standard InChI is InChI=1S/C13H15N3O3/c1-3-6-18-12-5-4-10(7-11(12)14-8-17)13-16-15-9(2)19-13/h4-5,7-8H,3,6H2,1-2H3,(H,14,17). The fourth-order valence-corrected chi connectivity index (χ4v) is 1.59. The molecule has 1 aromatic carbocycles. The number of ether oxygens (including phenoxy) is 1. The van der Waals surface area contributed by atoms with E-state index in [2.05, 4.69) is 15.5 Å². The molecule has 0 aliphatic carbocycles. The summed E-state index contributed by atoms with van der Waals surface area (Å²) in [5.41, 5.74) is 1.31. The van der Waals surface area contributed by atoms with Crippen LogP contribution in [0.15, 0.2) is 22.6 Å². The molecule has 1 amide bonds. The Bertz CT molecular complexity index is 566. The minimum Gasteiger partial charge on any atom is -0.491 e. The SMILES string of the molecule is CCCOc1ccc(-c2nnc(C)o2)cc1NC=O. The predicted octanol–water partition coefficient (Wildman–Crippen LogP) is 2.40. The van der Waals surface area contributed by atoms with Crippen LogP contribution in [0.2, 0.25) is 0 Å². The van der Waals surface area contributed by atoms with Crippen LogP contribution >= 0.6 is 0 Å². The summed E-state index contributed by atoms with van der Waals surface area (Å²) in [6.45, 7) is 4.33. The third kappa shape index (κ3) is 3.09. The number of nitrogens with one attached hydrogen (secondary N) is 1. The summed E-state index contributed by atoms with van der Waals surface area (Å²) in [7, 11) is 0. The first-order chi connectivity index (χ1) is 9.24. The number of aryl methyl sites for hydroxylation is 1. The first-order valence-corrected chi connectivity index (χ1v) is 6.02. The van der Waals surface area contributed by atoms with Gasteiger partial charge in [-0.25, -0.2) is 0 Å². The van der Waals surface area contributed by atoms with Crippen LogP contribution in [0.3, 0.4) is 0 Å². The summed E-state index contributed by atoms with van der Waals surface area (Å²) in [6.07, 6.45) is 1.50. The number of rotatable bonds is 6. The zero-order valence-electron chi connectivity index (χ0n) is 10.8. The molecule has 0 unspecified atom stereocenters. The van der Waals surface area contributed by atoms with Gasteiger partial charge in [-0.3, -0.25) is 4.79 Å². The number of nitrogens with zero attached hydrogens (tertiary/aromatic N) is 2. The maximum Gasteiger partial charge on any atom is 0.247 e. The van der Waals surface area contributed by atoms with Gasteiger partial charge in [0.1, 0.15) is 5.75 Å². The second kappa shape index (κ2) is 5.99. The van der Waals surface area contributed by atoms with E-state index in [9.17, 15) is 4.79 Å². The average molecular weight is 261 g/mol. The van der Waals surface area contributed by atoms with Crippen LogP contribution in [0.5, 0.6) is 5.75 Å². The van der Waals surface area contributed by atoms with Crippen molar-refractivity contribution in [1.82, 2.24) is 10.2 Å². The van der Waals surface area contributed by atoms with Gasteiger partial charge in [-0.15, -0.1) is 10.2 Å². The number of carbonyl (C=O) groups is 1. The molecule has 0 fully saturated rings. The van der Waals surface area contributed by atoms with Gasteiger partial charge in [0.2, 0.25) is 18.2 Å². The van der Waals surface area contributed by atoms with Gasteiger partial charge in [0.15, 0.2) is 0 Å². The largest absolute Gasteiger partial charge is 0.491 e. The van der Waals surface area contributed by atoms with Crippen LogP contribution < -0.4 is 10.1 Å². The molecule has 1 N–H and O–H groups in total. The van der Waals surface area contributed by atoms with Crippen LogP contribution in [0.25, 0.3) is 11.5 Å². The fraction of sp³-hybridized carbons (Fsp3) is 0.308. The third-order valence-electron chi connectivity index (χ3n) is 2.43. The molecule has 100 valence electrons. The lowest BCUT2D eigenvalue weighted by Crippen LogP contribution is -2.01. The Morgan fingerprint density at radius 2 is 2.26 bits per heavy atom. The van der Waals surface area contributed by atoms with Gasteiger partial charge in [0.25, 0.3) is 0 Å². The van der Waals surface area contributed by atoms with E-state index in [1.54, 1.807) is 19.1 Å². The molecule has 2 rings (SSSR count). The lowest BCUT2D eigenvalue weighted by molar-refractivity contribution is -0.105. The Kier molecular flexibility index (Phi) is 4.12. The van der Waals surface area contributed by atoms with Gasteiger partial charge in [-0.1, -0.05) is 6.92 Å². The molecular formula is C13H15N3O3. The number of aromatic nitrogens is 2. The molecule has 0 saturated carbocycles. The summed E-state index contributed by atoms with van der Waals surface area (Å²) in [4.78, 5) is 10.6. The molecule has 2 aromatic rings. The molecule has 0 bridgehead atoms. The van der Waals surface area contributed by atoms with Crippen molar-refractivity contribution in [2.24, 2.45) is 0 Å². The topological polar surface area (TPSA) is 77.2 Å². The van der Waals surface area contributed by atoms with E-state index in [1.807, 2.05) is 13.0 Å². The molecule has 19 heavy (non-hydrogen) atoms. The second-order valence-corrected chi connectivity index (χ2v) is 3.95. The summed E-state index contributed by atoms with van der Waals surface area (Å²) in [6, 6.07) is 5.33. The van der Waals surface area contributed by atoms with Crippen molar-refractivity contribution in [2.45, 2.75) is 20.3 Å². The number of carbonyl (C=O) groups excluding carboxylic acids is 1. The minimum atomic E-state index is 0.411. The Morgan fingerprint density at radius 3 is 2.89 bits per heavy atom. The van der Waals surface area contributed by atoms with Crippen LogP contribution in [0.4, 0.5) is 5.69 Å². The van der Waals surface area contributed by atoms with E-state index in [0.29, 0.717) is 36.2 Å². The van der Waals surface area contributed by atoms with Gasteiger partial charge in [-0.05, 0) is 24.6 Å². The number of amides is 1. The van der Waals surface area contributed by atoms with Crippen molar-refractivity contribution in [3.63, 3.8) is 0 Å². The number of benzene rings is 1. The highest BCUT2D eigenvalue weighted by Gasteiger charge is 2.10. The van der Waals surface area contributed by atoms with E-state index in [-0.39, 0.29) is 0 Å². The Labute approximate surface area is 110 Å². The van der Waals surface area contributed by atoms with Gasteiger partial charge >= 0.3 is 0 Å². The van der Waals surface area contributed by atoms with Gasteiger partial charge < -0.3 is 14.5 Å². The van der Waals surface area contributed by atoms with Crippen LogP contribution in [0, 0.1) is 6.92 Å². The van der Waals surface area contributed by atoms with E-state index in [0.717, 1.165) is 12.0 Å². The highest BCUT2D eigenvalue weighted by molar-refractivity contribution is 5.78. The second-order valence-electron chi connectivity index (χ2n) is 3.95. The van der Waals surface area contributed by atoms with Gasteiger partial charge in [0, 0.05) is 12.5 Å². The highest BCUT2D eigenvalue weighted by atomic mass is 16.5. The maximum absolute atomic E-state index is 10.6. The molecule has 0 atom stereocenters. The zero-order chi connectivity index (χ0) is 13.7. The maximum atomic E-state index is 10.6. The normalized spacial score (nSPS) is 10.2. The van der Waals surface area contributed by atoms with Crippen molar-refractivity contribution in [1.29, 1.82) is 0 Å². The van der Waals surface area contributed by atoms with Gasteiger partial charge in [0.05, 0.1) is 12.3 Å². The smallest absolute Gasteiger partial charge is 0.247 e. The predicted molar refractivity (Wildman–Crippen MR) is 69.9 cm³/mol. The highest BCUT2D eigenvalue weighted by Crippen LogP contribution is 2.30. The first kappa shape index (κ1) is 13.1. The van der Waals surface area contributed by atoms with E-state index < -0.39 is 0 Å². The number of anilines is 1. The molecule has 0 aliphatic rings. The monoisotopic (exact) mass is 261 g/mol. The average Bonchev–Trinajstić information content (AvgIpc) is 2.84. The third-order valence-corrected chi connectivity index (χ3v) is 2.43. The van der Waals surface area contributed by atoms with Crippen molar-refractivity contribution in [3.8, 4) is 17.2 Å². The van der Waals surface area contributed by atoms with Crippen molar-refractivity contribution in [2.75, 3.05) is 11.9 Å². The lowest BCUT2D eigenvalue weighted by Gasteiger charge is -2.10. The van der Waals surface area contributed by atoms with Crippen LogP contribution in [-0.2, 0) is 4.79 Å². The summed E-state index contributed by atoms with van der Waals surface area (Å²) in [5, 5.41) is 10.3. The minimum absolute atomic E-state index is 0.411. The molecule has 6 heteroatoms. The molecule has 0 spiro atoms. The van der Waals surface area contributed by atoms with Crippen molar-refractivity contribution < 1.29 is 13.9 Å². The van der Waals surface area contributed by atoms with Crippen LogP contribution in [0.1, 0.15) is 19.2 Å². The van der Waals surface area contributed by atoms with Gasteiger partial charge in [-0.2, -0.15) is 0 Å². The van der Waals surface area contributed by atoms with Crippen molar-refractivity contribution in [3.05, 3.63) is 24.1 Å². The van der Waals surface area contributed by atoms with E-state index in [1.165, 1.54) is 0 Å². The van der Waals surface area contributed by atoms with Crippen LogP contribution in [-0.4, -0.2) is 23.2 Å². The molecule has 0 radical (unpaired) electrons. The molecule has 1 heterocycles. The summed E-state index contributed by atoms with van der Waals surface area (Å²) < 4.78 is 10.9. The van der Waals surface area contributed by atoms with E-state index in [4.69, 9.17) is 9.15 Å². The van der Waals surface area contributed by atoms with E-state index >= 15 is 0 Å². The molecule has 6 nitrogen and oxygen atoms in total. The zero-order valence-corrected chi connectivity index (χ0v) is 10.8. The quantitative estimate of drug-likeness (QED) is 0.808. The fourth-order valence-electron chi connectivity index (χ4n) is 1.59. The van der Waals surface area contributed by atoms with Crippen molar-refractivity contribution >= 4 is 12.1 Å². The molecule has 0 aliphatic heterocycles. The first-order valence-electron chi connectivity index (χ1n) is 6.02. The molecule has 1 aromatic heterocycles. The number of hydrogen-bond acceptors (Lipinski definition) is 5. The Balaban J connectivity index is 2.32. The Morgan fingerprint density at radius 1 is 1.42 bits per heavy atom. The summed E-state index contributed by atoms with van der Waals surface area (Å²) in [5.74, 6) is 1.52. The lowest BCUT2D eigenvalue weighted by atomic mass is 10.2. The summed E-state index contributed by atoms with van der Waals surface area (Å²) >= 11 is 0.